The average molecular weight is 261 g/mol. The molecule has 0 saturated heterocycles. The number of nitrogens with zero attached hydrogens (tertiary/aromatic N) is 1. The topological polar surface area (TPSA) is 36.4 Å². The first kappa shape index (κ1) is 15.5. The van der Waals surface area contributed by atoms with Gasteiger partial charge in [-0.15, -0.1) is 0 Å². The summed E-state index contributed by atoms with van der Waals surface area (Å²) in [7, 11) is 0. The number of hydrogen-bond acceptors (Lipinski definition) is 1. The van der Waals surface area contributed by atoms with E-state index in [1.54, 1.807) is 0 Å². The molecule has 0 aliphatic rings. The number of hydrogen-bond donors (Lipinski definition) is 2. The Morgan fingerprint density at radius 2 is 1.89 bits per heavy atom. The lowest BCUT2D eigenvalue weighted by Gasteiger charge is -2.16. The summed E-state index contributed by atoms with van der Waals surface area (Å²) in [5.41, 5.74) is 2.65. The normalized spacial score (nSPS) is 13.2. The van der Waals surface area contributed by atoms with Gasteiger partial charge in [0, 0.05) is 19.1 Å². The third-order valence-corrected chi connectivity index (χ3v) is 3.13. The molecule has 0 saturated carbocycles. The third-order valence-electron chi connectivity index (χ3n) is 3.13. The van der Waals surface area contributed by atoms with Crippen LogP contribution in [0.1, 0.15) is 38.3 Å². The van der Waals surface area contributed by atoms with Crippen molar-refractivity contribution in [1.29, 1.82) is 0 Å². The van der Waals surface area contributed by atoms with E-state index in [1.807, 2.05) is 0 Å². The van der Waals surface area contributed by atoms with Gasteiger partial charge in [0.25, 0.3) is 0 Å². The molecule has 0 aromatic heterocycles. The molecule has 0 radical (unpaired) electrons. The number of nitrogens with one attached hydrogen (secondary N) is 2. The summed E-state index contributed by atoms with van der Waals surface area (Å²) in [5.74, 6) is 0.920. The molecule has 0 aliphatic carbocycles. The first-order valence-electron chi connectivity index (χ1n) is 7.26. The first-order valence-corrected chi connectivity index (χ1v) is 7.26. The van der Waals surface area contributed by atoms with Crippen LogP contribution in [0, 0.1) is 6.92 Å². The van der Waals surface area contributed by atoms with Crippen molar-refractivity contribution in [2.24, 2.45) is 4.99 Å². The smallest absolute Gasteiger partial charge is 0.191 e. The Bertz CT molecular complexity index is 381. The Morgan fingerprint density at radius 3 is 2.47 bits per heavy atom. The van der Waals surface area contributed by atoms with Crippen LogP contribution < -0.4 is 10.6 Å². The third kappa shape index (κ3) is 6.27. The molecule has 1 rings (SSSR count). The molecule has 0 heterocycles. The van der Waals surface area contributed by atoms with Crippen LogP contribution in [0.3, 0.4) is 0 Å². The number of rotatable bonds is 6. The van der Waals surface area contributed by atoms with Gasteiger partial charge in [0.2, 0.25) is 0 Å². The van der Waals surface area contributed by atoms with Crippen molar-refractivity contribution in [3.8, 4) is 0 Å². The van der Waals surface area contributed by atoms with Gasteiger partial charge in [-0.05, 0) is 39.2 Å². The monoisotopic (exact) mass is 261 g/mol. The molecule has 3 heteroatoms. The lowest BCUT2D eigenvalue weighted by molar-refractivity contribution is 0.624. The molecule has 0 bridgehead atoms. The molecule has 0 aliphatic heterocycles. The largest absolute Gasteiger partial charge is 0.357 e. The number of guanidine groups is 1. The van der Waals surface area contributed by atoms with E-state index >= 15 is 0 Å². The van der Waals surface area contributed by atoms with E-state index in [-0.39, 0.29) is 0 Å². The van der Waals surface area contributed by atoms with Gasteiger partial charge in [0.05, 0.1) is 0 Å². The Hall–Kier alpha value is -1.51. The highest BCUT2D eigenvalue weighted by Gasteiger charge is 2.01. The second kappa shape index (κ2) is 8.57. The Kier molecular flexibility index (Phi) is 7.01. The first-order chi connectivity index (χ1) is 9.15. The number of aliphatic imine (C=N–C) groups is 1. The van der Waals surface area contributed by atoms with Crippen molar-refractivity contribution in [2.75, 3.05) is 13.1 Å². The van der Waals surface area contributed by atoms with Crippen molar-refractivity contribution in [3.63, 3.8) is 0 Å². The van der Waals surface area contributed by atoms with Gasteiger partial charge >= 0.3 is 0 Å². The van der Waals surface area contributed by atoms with E-state index in [0.29, 0.717) is 6.04 Å². The van der Waals surface area contributed by atoms with E-state index in [1.165, 1.54) is 11.1 Å². The van der Waals surface area contributed by atoms with Gasteiger partial charge in [-0.3, -0.25) is 4.99 Å². The minimum atomic E-state index is 0.456. The van der Waals surface area contributed by atoms with E-state index in [9.17, 15) is 0 Å². The predicted molar refractivity (Wildman–Crippen MR) is 83.8 cm³/mol. The summed E-state index contributed by atoms with van der Waals surface area (Å²) in [4.78, 5) is 4.61. The van der Waals surface area contributed by atoms with Crippen LogP contribution >= 0.6 is 0 Å². The SMILES string of the molecule is CCNC(=NCCc1ccc(C)cc1)NC(C)CC. The van der Waals surface area contributed by atoms with Crippen LogP contribution in [-0.2, 0) is 6.42 Å². The van der Waals surface area contributed by atoms with E-state index in [2.05, 4.69) is 67.6 Å². The second-order valence-electron chi connectivity index (χ2n) is 4.95. The van der Waals surface area contributed by atoms with E-state index in [0.717, 1.165) is 31.9 Å². The number of benzene rings is 1. The van der Waals surface area contributed by atoms with Crippen molar-refractivity contribution in [2.45, 2.75) is 46.6 Å². The molecule has 1 unspecified atom stereocenters. The highest BCUT2D eigenvalue weighted by Crippen LogP contribution is 2.03. The summed E-state index contributed by atoms with van der Waals surface area (Å²) in [6, 6.07) is 9.13. The maximum absolute atomic E-state index is 4.61. The van der Waals surface area contributed by atoms with Gasteiger partial charge in [-0.25, -0.2) is 0 Å². The van der Waals surface area contributed by atoms with Gasteiger partial charge in [0.1, 0.15) is 0 Å². The summed E-state index contributed by atoms with van der Waals surface area (Å²) < 4.78 is 0. The molecule has 1 atom stereocenters. The maximum atomic E-state index is 4.61. The van der Waals surface area contributed by atoms with Crippen LogP contribution in [0.4, 0.5) is 0 Å². The van der Waals surface area contributed by atoms with Gasteiger partial charge in [0.15, 0.2) is 5.96 Å². The fourth-order valence-electron chi connectivity index (χ4n) is 1.71. The quantitative estimate of drug-likeness (QED) is 0.610. The number of aryl methyl sites for hydroxylation is 1. The van der Waals surface area contributed by atoms with Crippen molar-refractivity contribution >= 4 is 5.96 Å². The zero-order valence-electron chi connectivity index (χ0n) is 12.7. The van der Waals surface area contributed by atoms with Gasteiger partial charge < -0.3 is 10.6 Å². The Labute approximate surface area is 117 Å². The minimum Gasteiger partial charge on any atom is -0.357 e. The van der Waals surface area contributed by atoms with Crippen LogP contribution in [0.25, 0.3) is 0 Å². The van der Waals surface area contributed by atoms with E-state index < -0.39 is 0 Å². The molecular weight excluding hydrogens is 234 g/mol. The fraction of sp³-hybridized carbons (Fsp3) is 0.562. The zero-order valence-corrected chi connectivity index (χ0v) is 12.7. The minimum absolute atomic E-state index is 0.456. The summed E-state index contributed by atoms with van der Waals surface area (Å²) in [6.45, 7) is 10.3. The maximum Gasteiger partial charge on any atom is 0.191 e. The molecular formula is C16H27N3. The highest BCUT2D eigenvalue weighted by atomic mass is 15.2. The molecule has 0 amide bonds. The zero-order chi connectivity index (χ0) is 14.1. The predicted octanol–water partition coefficient (Wildman–Crippen LogP) is 2.89. The molecule has 0 spiro atoms. The Balaban J connectivity index is 2.48. The van der Waals surface area contributed by atoms with Crippen molar-refractivity contribution in [1.82, 2.24) is 10.6 Å². The van der Waals surface area contributed by atoms with Crippen molar-refractivity contribution in [3.05, 3.63) is 35.4 Å². The summed E-state index contributed by atoms with van der Waals surface area (Å²) in [6.07, 6.45) is 2.08. The van der Waals surface area contributed by atoms with Gasteiger partial charge in [-0.1, -0.05) is 36.8 Å². The van der Waals surface area contributed by atoms with Crippen LogP contribution in [0.15, 0.2) is 29.3 Å². The molecule has 1 aromatic carbocycles. The molecule has 106 valence electrons. The second-order valence-corrected chi connectivity index (χ2v) is 4.95. The Morgan fingerprint density at radius 1 is 1.21 bits per heavy atom. The van der Waals surface area contributed by atoms with Crippen LogP contribution in [0.5, 0.6) is 0 Å². The van der Waals surface area contributed by atoms with Gasteiger partial charge in [-0.2, -0.15) is 0 Å². The molecule has 0 fully saturated rings. The standard InChI is InChI=1S/C16H27N3/c1-5-14(4)19-16(17-6-2)18-12-11-15-9-7-13(3)8-10-15/h7-10,14H,5-6,11-12H2,1-4H3,(H2,17,18,19). The molecule has 1 aromatic rings. The van der Waals surface area contributed by atoms with Crippen molar-refractivity contribution < 1.29 is 0 Å². The summed E-state index contributed by atoms with van der Waals surface area (Å²) >= 11 is 0. The molecule has 19 heavy (non-hydrogen) atoms. The lowest BCUT2D eigenvalue weighted by Crippen LogP contribution is -2.42. The van der Waals surface area contributed by atoms with Crippen LogP contribution in [-0.4, -0.2) is 25.1 Å². The highest BCUT2D eigenvalue weighted by molar-refractivity contribution is 5.80. The van der Waals surface area contributed by atoms with E-state index in [4.69, 9.17) is 0 Å². The molecule has 3 nitrogen and oxygen atoms in total. The lowest BCUT2D eigenvalue weighted by atomic mass is 10.1. The average Bonchev–Trinajstić information content (AvgIpc) is 2.41. The summed E-state index contributed by atoms with van der Waals surface area (Å²) in [5, 5.41) is 6.68. The fourth-order valence-corrected chi connectivity index (χ4v) is 1.71. The van der Waals surface area contributed by atoms with Crippen LogP contribution in [0.2, 0.25) is 0 Å². The molecule has 2 N–H and O–H groups in total.